The van der Waals surface area contributed by atoms with Gasteiger partial charge in [0.05, 0.1) is 5.52 Å². The first-order chi connectivity index (χ1) is 8.74. The summed E-state index contributed by atoms with van der Waals surface area (Å²) in [7, 11) is 0. The van der Waals surface area contributed by atoms with Crippen LogP contribution in [0.25, 0.3) is 22.2 Å². The molecule has 1 aromatic heterocycles. The maximum absolute atomic E-state index is 10.0. The summed E-state index contributed by atoms with van der Waals surface area (Å²) in [5.41, 5.74) is 2.29. The van der Waals surface area contributed by atoms with Gasteiger partial charge < -0.3 is 5.11 Å². The Morgan fingerprint density at radius 3 is 2.37 bits per heavy atom. The number of aromatic hydroxyl groups is 1. The van der Waals surface area contributed by atoms with Gasteiger partial charge in [0.1, 0.15) is 11.4 Å². The molecule has 19 heavy (non-hydrogen) atoms. The minimum Gasteiger partial charge on any atom is -0.506 e. The van der Waals surface area contributed by atoms with E-state index < -0.39 is 0 Å². The number of aromatic nitrogens is 1. The molecule has 1 N–H and O–H groups in total. The molecule has 1 heterocycles. The fourth-order valence-electron chi connectivity index (χ4n) is 1.92. The van der Waals surface area contributed by atoms with Crippen molar-refractivity contribution in [1.82, 2.24) is 4.98 Å². The quantitative estimate of drug-likeness (QED) is 0.706. The Hall–Kier alpha value is -1.77. The number of rotatable bonds is 1. The van der Waals surface area contributed by atoms with E-state index >= 15 is 0 Å². The number of fused-ring (bicyclic) bond motifs is 1. The molecule has 0 fully saturated rings. The second kappa shape index (κ2) is 5.47. The van der Waals surface area contributed by atoms with Crippen molar-refractivity contribution in [2.45, 2.75) is 0 Å². The van der Waals surface area contributed by atoms with Crippen molar-refractivity contribution in [3.63, 3.8) is 0 Å². The summed E-state index contributed by atoms with van der Waals surface area (Å²) in [6.07, 6.45) is 0. The third kappa shape index (κ3) is 2.65. The summed E-state index contributed by atoms with van der Waals surface area (Å²) in [4.78, 5) is 4.48. The Kier molecular flexibility index (Phi) is 3.93. The van der Waals surface area contributed by atoms with Crippen LogP contribution in [0.1, 0.15) is 0 Å². The molecule has 4 heteroatoms. The Bertz CT molecular complexity index is 711. The first-order valence-corrected chi connectivity index (χ1v) is 5.96. The van der Waals surface area contributed by atoms with Gasteiger partial charge in [0.2, 0.25) is 0 Å². The third-order valence-corrected chi connectivity index (χ3v) is 3.07. The summed E-state index contributed by atoms with van der Waals surface area (Å²) in [6, 6.07) is 16.7. The fraction of sp³-hybridized carbons (Fsp3) is 0. The highest BCUT2D eigenvalue weighted by Gasteiger charge is 2.07. The molecule has 0 aliphatic heterocycles. The van der Waals surface area contributed by atoms with Crippen molar-refractivity contribution in [2.24, 2.45) is 0 Å². The zero-order valence-corrected chi connectivity index (χ0v) is 11.4. The molecule has 0 atom stereocenters. The minimum absolute atomic E-state index is 0. The fourth-order valence-corrected chi connectivity index (χ4v) is 2.05. The van der Waals surface area contributed by atoms with Gasteiger partial charge in [0.15, 0.2) is 0 Å². The summed E-state index contributed by atoms with van der Waals surface area (Å²) < 4.78 is 0. The highest BCUT2D eigenvalue weighted by Crippen LogP contribution is 2.30. The molecule has 0 saturated heterocycles. The second-order valence-electron chi connectivity index (χ2n) is 4.06. The predicted molar refractivity (Wildman–Crippen MR) is 81.1 cm³/mol. The van der Waals surface area contributed by atoms with Gasteiger partial charge in [-0.3, -0.25) is 0 Å². The van der Waals surface area contributed by atoms with E-state index in [4.69, 9.17) is 11.6 Å². The monoisotopic (exact) mass is 291 g/mol. The van der Waals surface area contributed by atoms with Crippen LogP contribution in [0.2, 0.25) is 5.02 Å². The normalized spacial score (nSPS) is 10.2. The van der Waals surface area contributed by atoms with E-state index in [1.807, 2.05) is 36.4 Å². The van der Waals surface area contributed by atoms with Crippen LogP contribution < -0.4 is 0 Å². The van der Waals surface area contributed by atoms with Crippen molar-refractivity contribution < 1.29 is 5.11 Å². The van der Waals surface area contributed by atoms with Crippen molar-refractivity contribution in [1.29, 1.82) is 0 Å². The Morgan fingerprint density at radius 2 is 1.63 bits per heavy atom. The molecule has 0 saturated carbocycles. The van der Waals surface area contributed by atoms with E-state index in [0.29, 0.717) is 10.7 Å². The topological polar surface area (TPSA) is 33.1 Å². The lowest BCUT2D eigenvalue weighted by Gasteiger charge is -2.06. The molecule has 96 valence electrons. The molecule has 0 spiro atoms. The largest absolute Gasteiger partial charge is 0.506 e. The van der Waals surface area contributed by atoms with Crippen LogP contribution >= 0.6 is 24.0 Å². The Morgan fingerprint density at radius 1 is 0.947 bits per heavy atom. The van der Waals surface area contributed by atoms with E-state index in [9.17, 15) is 5.11 Å². The lowest BCUT2D eigenvalue weighted by Crippen LogP contribution is -1.86. The maximum atomic E-state index is 10.0. The zero-order valence-electron chi connectivity index (χ0n) is 9.88. The number of hydrogen-bond acceptors (Lipinski definition) is 2. The number of pyridine rings is 1. The Balaban J connectivity index is 0.00000133. The van der Waals surface area contributed by atoms with Crippen LogP contribution in [0.15, 0.2) is 54.6 Å². The molecular formula is C15H11Cl2NO. The van der Waals surface area contributed by atoms with Gasteiger partial charge in [-0.15, -0.1) is 12.4 Å². The molecule has 0 radical (unpaired) electrons. The molecule has 0 amide bonds. The van der Waals surface area contributed by atoms with E-state index in [2.05, 4.69) is 4.98 Å². The standard InChI is InChI=1S/C15H10ClNO.ClH/c16-12-7-5-10(6-8-12)15-14(18)9-11-3-1-2-4-13(11)17-15;/h1-9,18H;1H. The van der Waals surface area contributed by atoms with Gasteiger partial charge in [0.25, 0.3) is 0 Å². The van der Waals surface area contributed by atoms with E-state index in [0.717, 1.165) is 16.5 Å². The van der Waals surface area contributed by atoms with E-state index in [1.54, 1.807) is 18.2 Å². The predicted octanol–water partition coefficient (Wildman–Crippen LogP) is 4.68. The molecule has 3 rings (SSSR count). The van der Waals surface area contributed by atoms with Crippen molar-refractivity contribution >= 4 is 34.9 Å². The van der Waals surface area contributed by atoms with Crippen molar-refractivity contribution in [3.8, 4) is 17.0 Å². The van der Waals surface area contributed by atoms with Crippen molar-refractivity contribution in [3.05, 3.63) is 59.6 Å². The van der Waals surface area contributed by atoms with Gasteiger partial charge in [-0.05, 0) is 24.3 Å². The number of halogens is 2. The van der Waals surface area contributed by atoms with Gasteiger partial charge in [-0.2, -0.15) is 0 Å². The molecular weight excluding hydrogens is 281 g/mol. The van der Waals surface area contributed by atoms with Crippen LogP contribution in [0.5, 0.6) is 5.75 Å². The number of benzene rings is 2. The first-order valence-electron chi connectivity index (χ1n) is 5.59. The number of para-hydroxylation sites is 1. The van der Waals surface area contributed by atoms with Gasteiger partial charge in [0, 0.05) is 16.0 Å². The SMILES string of the molecule is Cl.Oc1cc2ccccc2nc1-c1ccc(Cl)cc1. The van der Waals surface area contributed by atoms with Gasteiger partial charge in [-0.25, -0.2) is 4.98 Å². The summed E-state index contributed by atoms with van der Waals surface area (Å²) in [5.74, 6) is 0.177. The molecule has 0 unspecified atom stereocenters. The summed E-state index contributed by atoms with van der Waals surface area (Å²) in [5, 5.41) is 11.6. The summed E-state index contributed by atoms with van der Waals surface area (Å²) in [6.45, 7) is 0. The lowest BCUT2D eigenvalue weighted by atomic mass is 10.1. The van der Waals surface area contributed by atoms with Crippen molar-refractivity contribution in [2.75, 3.05) is 0 Å². The average Bonchev–Trinajstić information content (AvgIpc) is 2.39. The second-order valence-corrected chi connectivity index (χ2v) is 4.49. The van der Waals surface area contributed by atoms with E-state index in [1.165, 1.54) is 0 Å². The minimum atomic E-state index is 0. The highest BCUT2D eigenvalue weighted by atomic mass is 35.5. The van der Waals surface area contributed by atoms with Crippen LogP contribution in [-0.2, 0) is 0 Å². The molecule has 2 nitrogen and oxygen atoms in total. The third-order valence-electron chi connectivity index (χ3n) is 2.82. The zero-order chi connectivity index (χ0) is 12.5. The Labute approximate surface area is 122 Å². The highest BCUT2D eigenvalue weighted by molar-refractivity contribution is 6.30. The molecule has 0 bridgehead atoms. The van der Waals surface area contributed by atoms with Gasteiger partial charge in [-0.1, -0.05) is 41.9 Å². The van der Waals surface area contributed by atoms with Gasteiger partial charge >= 0.3 is 0 Å². The lowest BCUT2D eigenvalue weighted by molar-refractivity contribution is 0.476. The van der Waals surface area contributed by atoms with Crippen LogP contribution in [0, 0.1) is 0 Å². The van der Waals surface area contributed by atoms with Crippen LogP contribution in [0.3, 0.4) is 0 Å². The summed E-state index contributed by atoms with van der Waals surface area (Å²) >= 11 is 5.85. The van der Waals surface area contributed by atoms with E-state index in [-0.39, 0.29) is 18.2 Å². The molecule has 3 aromatic rings. The first kappa shape index (κ1) is 13.7. The molecule has 2 aromatic carbocycles. The number of nitrogens with zero attached hydrogens (tertiary/aromatic N) is 1. The number of hydrogen-bond donors (Lipinski definition) is 1. The molecule has 0 aliphatic carbocycles. The van der Waals surface area contributed by atoms with Crippen LogP contribution in [-0.4, -0.2) is 10.1 Å². The molecule has 0 aliphatic rings. The smallest absolute Gasteiger partial charge is 0.142 e. The average molecular weight is 292 g/mol. The maximum Gasteiger partial charge on any atom is 0.142 e. The van der Waals surface area contributed by atoms with Crippen LogP contribution in [0.4, 0.5) is 0 Å².